The van der Waals surface area contributed by atoms with Gasteiger partial charge < -0.3 is 9.40 Å². The van der Waals surface area contributed by atoms with Crippen LogP contribution in [0.1, 0.15) is 26.3 Å². The van der Waals surface area contributed by atoms with Crippen molar-refractivity contribution in [2.45, 2.75) is 27.7 Å². The molecule has 37 heavy (non-hydrogen) atoms. The molecule has 1 aliphatic heterocycles. The number of rotatable bonds is 3. The summed E-state index contributed by atoms with van der Waals surface area (Å²) in [5.41, 5.74) is 6.15. The summed E-state index contributed by atoms with van der Waals surface area (Å²) in [5, 5.41) is 2.23. The van der Waals surface area contributed by atoms with Gasteiger partial charge in [0, 0.05) is 37.3 Å². The zero-order valence-electron chi connectivity index (χ0n) is 21.5. The minimum Gasteiger partial charge on any atom is -0.483 e. The standard InChI is InChI=1S/C20H19N2O.C12H10N.Ir/c1-20(2,3)13-21-10-11-22(14-21)15-8-9-17-16-6-4-5-7-18(16)23-19(17)12-15;1-10-7-8-12(13-9-10)11-5-3-2-4-6-11;/h4-7,9-12H,13H2,1-3H3;2-5,7-9H,1H3;/q+1;-1;. The molecule has 0 saturated carbocycles. The molecule has 5 heteroatoms. The topological polar surface area (TPSA) is 32.0 Å². The predicted molar refractivity (Wildman–Crippen MR) is 144 cm³/mol. The van der Waals surface area contributed by atoms with Crippen molar-refractivity contribution < 1.29 is 33.7 Å². The zero-order valence-corrected chi connectivity index (χ0v) is 23.8. The van der Waals surface area contributed by atoms with Gasteiger partial charge in [-0.15, -0.1) is 42.0 Å². The van der Waals surface area contributed by atoms with Crippen LogP contribution in [-0.2, 0) is 20.1 Å². The first-order valence-corrected chi connectivity index (χ1v) is 12.1. The number of benzene rings is 3. The molecule has 0 bridgehead atoms. The number of fused-ring (bicyclic) bond motifs is 3. The van der Waals surface area contributed by atoms with Crippen LogP contribution in [-0.4, -0.2) is 26.7 Å². The number of furan rings is 1. The fraction of sp³-hybridized carbons (Fsp3) is 0.188. The zero-order chi connectivity index (χ0) is 25.1. The maximum Gasteiger partial charge on any atom is 0.493 e. The summed E-state index contributed by atoms with van der Waals surface area (Å²) >= 11 is 0. The molecule has 3 aromatic carbocycles. The average Bonchev–Trinajstić information content (AvgIpc) is 3.48. The Morgan fingerprint density at radius 3 is 2.46 bits per heavy atom. The largest absolute Gasteiger partial charge is 0.493 e. The van der Waals surface area contributed by atoms with E-state index in [1.165, 1.54) is 5.56 Å². The van der Waals surface area contributed by atoms with E-state index in [9.17, 15) is 0 Å². The second kappa shape index (κ2) is 11.2. The minimum atomic E-state index is 0. The van der Waals surface area contributed by atoms with Crippen LogP contribution in [0.4, 0.5) is 5.69 Å². The van der Waals surface area contributed by atoms with Gasteiger partial charge in [-0.1, -0.05) is 71.7 Å². The number of para-hydroxylation sites is 1. The Morgan fingerprint density at radius 2 is 1.73 bits per heavy atom. The molecule has 0 atom stereocenters. The molecule has 1 aliphatic rings. The summed E-state index contributed by atoms with van der Waals surface area (Å²) in [5.74, 6) is 0. The van der Waals surface area contributed by atoms with Crippen molar-refractivity contribution in [1.29, 1.82) is 0 Å². The fourth-order valence-electron chi connectivity index (χ4n) is 4.06. The number of pyridine rings is 1. The van der Waals surface area contributed by atoms with Crippen LogP contribution in [0.3, 0.4) is 0 Å². The maximum absolute atomic E-state index is 5.95. The van der Waals surface area contributed by atoms with Crippen LogP contribution >= 0.6 is 0 Å². The van der Waals surface area contributed by atoms with Gasteiger partial charge in [-0.2, -0.15) is 6.07 Å². The molecule has 6 rings (SSSR count). The van der Waals surface area contributed by atoms with Crippen LogP contribution < -0.4 is 0 Å². The van der Waals surface area contributed by atoms with Crippen LogP contribution in [0.15, 0.2) is 95.8 Å². The summed E-state index contributed by atoms with van der Waals surface area (Å²) < 4.78 is 9.98. The van der Waals surface area contributed by atoms with Crippen molar-refractivity contribution >= 4 is 33.6 Å². The average molecular weight is 664 g/mol. The van der Waals surface area contributed by atoms with Crippen LogP contribution in [0.2, 0.25) is 0 Å². The van der Waals surface area contributed by atoms with Gasteiger partial charge in [0.05, 0.1) is 0 Å². The molecule has 1 radical (unpaired) electrons. The molecule has 187 valence electrons. The minimum absolute atomic E-state index is 0. The molecular weight excluding hydrogens is 635 g/mol. The van der Waals surface area contributed by atoms with E-state index in [0.717, 1.165) is 45.4 Å². The number of hydrogen-bond acceptors (Lipinski definition) is 2. The van der Waals surface area contributed by atoms with Gasteiger partial charge in [0.2, 0.25) is 6.20 Å². The van der Waals surface area contributed by atoms with Crippen LogP contribution in [0.5, 0.6) is 0 Å². The third-order valence-corrected chi connectivity index (χ3v) is 5.73. The normalized spacial score (nSPS) is 12.5. The molecule has 0 fully saturated rings. The van der Waals surface area contributed by atoms with Crippen molar-refractivity contribution in [3.8, 4) is 11.3 Å². The molecule has 0 N–H and O–H groups in total. The van der Waals surface area contributed by atoms with Crippen molar-refractivity contribution in [3.63, 3.8) is 0 Å². The van der Waals surface area contributed by atoms with Gasteiger partial charge in [0.15, 0.2) is 6.54 Å². The summed E-state index contributed by atoms with van der Waals surface area (Å²) in [7, 11) is 0. The Labute approximate surface area is 231 Å². The SMILES string of the molecule is CC(C)(C)C[N+]1=C=[N+](c2[c-]cc3c(c2)oc2ccccc23)C=C1.Cc1ccc(-c2[c-]cccc2)nc1.[Ir]. The number of aromatic nitrogens is 1. The number of nitrogens with zero attached hydrogens (tertiary/aromatic N) is 3. The monoisotopic (exact) mass is 664 g/mol. The first-order chi connectivity index (χ1) is 17.4. The van der Waals surface area contributed by atoms with E-state index in [4.69, 9.17) is 4.42 Å². The number of aryl methyl sites for hydroxylation is 1. The van der Waals surface area contributed by atoms with Gasteiger partial charge in [-0.3, -0.25) is 0 Å². The smallest absolute Gasteiger partial charge is 0.483 e. The van der Waals surface area contributed by atoms with Gasteiger partial charge in [-0.05, 0) is 29.6 Å². The van der Waals surface area contributed by atoms with Gasteiger partial charge in [0.1, 0.15) is 11.3 Å². The molecule has 0 saturated heterocycles. The molecular formula is C32H29IrN3O. The van der Waals surface area contributed by atoms with E-state index >= 15 is 0 Å². The van der Waals surface area contributed by atoms with E-state index in [1.54, 1.807) is 0 Å². The third-order valence-electron chi connectivity index (χ3n) is 5.73. The quantitative estimate of drug-likeness (QED) is 0.147. The summed E-state index contributed by atoms with van der Waals surface area (Å²) in [6.07, 6.45) is 5.92. The van der Waals surface area contributed by atoms with Crippen molar-refractivity contribution in [2.24, 2.45) is 5.41 Å². The molecule has 0 amide bonds. The number of hydrogen-bond donors (Lipinski definition) is 0. The molecule has 5 aromatic rings. The van der Waals surface area contributed by atoms with E-state index in [1.807, 2.05) is 90.8 Å². The third kappa shape index (κ3) is 6.39. The Morgan fingerprint density at radius 1 is 0.919 bits per heavy atom. The summed E-state index contributed by atoms with van der Waals surface area (Å²) in [6.45, 7) is 9.62. The van der Waals surface area contributed by atoms with Gasteiger partial charge >= 0.3 is 6.01 Å². The fourth-order valence-corrected chi connectivity index (χ4v) is 4.06. The van der Waals surface area contributed by atoms with Crippen molar-refractivity contribution in [3.05, 3.63) is 109 Å². The molecule has 0 unspecified atom stereocenters. The second-order valence-electron chi connectivity index (χ2n) is 10.1. The molecule has 2 aromatic heterocycles. The summed E-state index contributed by atoms with van der Waals surface area (Å²) in [6, 6.07) is 33.9. The predicted octanol–water partition coefficient (Wildman–Crippen LogP) is 7.60. The molecule has 4 nitrogen and oxygen atoms in total. The van der Waals surface area contributed by atoms with Crippen molar-refractivity contribution in [1.82, 2.24) is 4.98 Å². The molecule has 0 spiro atoms. The summed E-state index contributed by atoms with van der Waals surface area (Å²) in [4.78, 5) is 4.32. The van der Waals surface area contributed by atoms with Gasteiger partial charge in [0.25, 0.3) is 6.20 Å². The van der Waals surface area contributed by atoms with Crippen molar-refractivity contribution in [2.75, 3.05) is 6.54 Å². The van der Waals surface area contributed by atoms with E-state index in [2.05, 4.69) is 60.6 Å². The maximum atomic E-state index is 5.95. The van der Waals surface area contributed by atoms with E-state index in [-0.39, 0.29) is 25.5 Å². The second-order valence-corrected chi connectivity index (χ2v) is 10.1. The first kappa shape index (κ1) is 26.4. The Kier molecular flexibility index (Phi) is 8.00. The van der Waals surface area contributed by atoms with E-state index < -0.39 is 0 Å². The van der Waals surface area contributed by atoms with Crippen LogP contribution in [0.25, 0.3) is 33.2 Å². The Hall–Kier alpha value is -3.62. The molecule has 3 heterocycles. The van der Waals surface area contributed by atoms with E-state index in [0.29, 0.717) is 0 Å². The van der Waals surface area contributed by atoms with Crippen LogP contribution in [0, 0.1) is 24.5 Å². The Bertz CT molecular complexity index is 1620. The Balaban J connectivity index is 0.000000195. The molecule has 0 aliphatic carbocycles. The van der Waals surface area contributed by atoms with Gasteiger partial charge in [-0.25, -0.2) is 0 Å². The first-order valence-electron chi connectivity index (χ1n) is 12.1.